The van der Waals surface area contributed by atoms with Gasteiger partial charge in [-0.2, -0.15) is 0 Å². The number of amides is 2. The molecule has 1 spiro atoms. The van der Waals surface area contributed by atoms with E-state index in [0.717, 1.165) is 12.8 Å². The second-order valence-electron chi connectivity index (χ2n) is 9.64. The third-order valence-corrected chi connectivity index (χ3v) is 6.46. The number of hydrogen-bond acceptors (Lipinski definition) is 4. The van der Waals surface area contributed by atoms with E-state index in [2.05, 4.69) is 5.32 Å². The van der Waals surface area contributed by atoms with Crippen LogP contribution in [0.15, 0.2) is 0 Å². The number of rotatable bonds is 3. The molecule has 1 aliphatic heterocycles. The van der Waals surface area contributed by atoms with Crippen molar-refractivity contribution in [1.82, 2.24) is 10.2 Å². The highest BCUT2D eigenvalue weighted by molar-refractivity contribution is 5.93. The summed E-state index contributed by atoms with van der Waals surface area (Å²) in [5.74, 6) is -0.692. The van der Waals surface area contributed by atoms with Crippen molar-refractivity contribution in [1.29, 1.82) is 0 Å². The molecule has 0 aromatic rings. The van der Waals surface area contributed by atoms with Crippen molar-refractivity contribution in [3.8, 4) is 0 Å². The Hall–Kier alpha value is -1.79. The van der Waals surface area contributed by atoms with Gasteiger partial charge in [-0.25, -0.2) is 4.79 Å². The second-order valence-corrected chi connectivity index (χ2v) is 9.64. The van der Waals surface area contributed by atoms with Gasteiger partial charge in [0.1, 0.15) is 5.60 Å². The van der Waals surface area contributed by atoms with Crippen LogP contribution in [0.3, 0.4) is 0 Å². The largest absolute Gasteiger partial charge is 0.481 e. The molecule has 0 aromatic carbocycles. The zero-order valence-corrected chi connectivity index (χ0v) is 15.1. The first kappa shape index (κ1) is 16.7. The third kappa shape index (κ3) is 2.42. The fourth-order valence-electron chi connectivity index (χ4n) is 5.02. The van der Waals surface area contributed by atoms with E-state index in [0.29, 0.717) is 32.4 Å². The lowest BCUT2D eigenvalue weighted by molar-refractivity contribution is -0.225. The number of aliphatic carboxylic acids is 1. The summed E-state index contributed by atoms with van der Waals surface area (Å²) < 4.78 is 5.34. The smallest absolute Gasteiger partial charge is 0.407 e. The molecule has 1 saturated heterocycles. The first-order chi connectivity index (χ1) is 11.5. The van der Waals surface area contributed by atoms with Crippen molar-refractivity contribution in [2.24, 2.45) is 16.2 Å². The van der Waals surface area contributed by atoms with E-state index < -0.39 is 28.5 Å². The maximum Gasteiger partial charge on any atom is 0.407 e. The summed E-state index contributed by atoms with van der Waals surface area (Å²) >= 11 is 0. The quantitative estimate of drug-likeness (QED) is 0.808. The fourth-order valence-corrected chi connectivity index (χ4v) is 5.02. The Kier molecular flexibility index (Phi) is 3.12. The zero-order valence-electron chi connectivity index (χ0n) is 15.1. The van der Waals surface area contributed by atoms with Crippen LogP contribution in [0.2, 0.25) is 0 Å². The molecule has 4 aliphatic carbocycles. The van der Waals surface area contributed by atoms with Crippen molar-refractivity contribution in [3.05, 3.63) is 0 Å². The van der Waals surface area contributed by atoms with Gasteiger partial charge in [-0.15, -0.1) is 0 Å². The topological polar surface area (TPSA) is 95.9 Å². The number of carboxylic acid groups (broad SMARTS) is 1. The van der Waals surface area contributed by atoms with Crippen molar-refractivity contribution in [2.45, 2.75) is 64.5 Å². The maximum absolute atomic E-state index is 12.9. The molecule has 7 nitrogen and oxygen atoms in total. The minimum atomic E-state index is -0.772. The highest BCUT2D eigenvalue weighted by Gasteiger charge is 2.76. The normalized spacial score (nSPS) is 37.1. The Morgan fingerprint density at radius 2 is 1.72 bits per heavy atom. The minimum Gasteiger partial charge on any atom is -0.481 e. The highest BCUT2D eigenvalue weighted by Crippen LogP contribution is 2.74. The molecule has 0 radical (unpaired) electrons. The SMILES string of the molecule is CC(C)(C)OC(=O)N[C@H]1CN(C(=O)C23CC(C(=O)O)(C2)C3)CC12CC2. The number of likely N-dealkylation sites (tertiary alicyclic amines) is 1. The predicted molar refractivity (Wildman–Crippen MR) is 87.8 cm³/mol. The number of alkyl carbamates (subject to hydrolysis) is 1. The van der Waals surface area contributed by atoms with Crippen LogP contribution in [0, 0.1) is 16.2 Å². The van der Waals surface area contributed by atoms with Crippen molar-refractivity contribution < 1.29 is 24.2 Å². The number of carboxylic acids is 1. The van der Waals surface area contributed by atoms with Gasteiger partial charge in [0.25, 0.3) is 0 Å². The molecule has 25 heavy (non-hydrogen) atoms. The van der Waals surface area contributed by atoms with Gasteiger partial charge in [0.05, 0.1) is 16.9 Å². The van der Waals surface area contributed by atoms with Gasteiger partial charge < -0.3 is 20.1 Å². The molecule has 5 fully saturated rings. The van der Waals surface area contributed by atoms with Crippen molar-refractivity contribution in [3.63, 3.8) is 0 Å². The molecular formula is C18H26N2O5. The lowest BCUT2D eigenvalue weighted by atomic mass is 9.34. The van der Waals surface area contributed by atoms with Crippen LogP contribution in [0.5, 0.6) is 0 Å². The Bertz CT molecular complexity index is 641. The van der Waals surface area contributed by atoms with Crippen LogP contribution >= 0.6 is 0 Å². The van der Waals surface area contributed by atoms with Crippen LogP contribution in [0.25, 0.3) is 0 Å². The van der Waals surface area contributed by atoms with Crippen molar-refractivity contribution in [2.75, 3.05) is 13.1 Å². The molecule has 2 amide bonds. The fraction of sp³-hybridized carbons (Fsp3) is 0.833. The zero-order chi connectivity index (χ0) is 18.3. The summed E-state index contributed by atoms with van der Waals surface area (Å²) in [5, 5.41) is 12.2. The van der Waals surface area contributed by atoms with Gasteiger partial charge in [0.15, 0.2) is 0 Å². The summed E-state index contributed by atoms with van der Waals surface area (Å²) in [6.07, 6.45) is 2.99. The molecule has 1 atom stereocenters. The molecule has 0 unspecified atom stereocenters. The number of ether oxygens (including phenoxy) is 1. The molecule has 4 saturated carbocycles. The Morgan fingerprint density at radius 3 is 2.20 bits per heavy atom. The maximum atomic E-state index is 12.9. The van der Waals surface area contributed by atoms with E-state index in [4.69, 9.17) is 4.74 Å². The molecule has 0 aromatic heterocycles. The van der Waals surface area contributed by atoms with Gasteiger partial charge >= 0.3 is 12.1 Å². The first-order valence-corrected chi connectivity index (χ1v) is 9.02. The summed E-state index contributed by atoms with van der Waals surface area (Å²) in [5.41, 5.74) is -1.65. The standard InChI is InChI=1S/C18H26N2O5/c1-15(2,3)25-14(24)19-11-6-20(10-16(11)4-5-16)12(21)17-7-18(8-17,9-17)13(22)23/h11H,4-10H2,1-3H3,(H,19,24)(H,22,23)/t11-,17?,18?/m0/s1. The summed E-state index contributed by atoms with van der Waals surface area (Å²) in [7, 11) is 0. The Labute approximate surface area is 147 Å². The molecule has 138 valence electrons. The Morgan fingerprint density at radius 1 is 1.12 bits per heavy atom. The highest BCUT2D eigenvalue weighted by atomic mass is 16.6. The van der Waals surface area contributed by atoms with Gasteiger partial charge in [-0.3, -0.25) is 9.59 Å². The van der Waals surface area contributed by atoms with E-state index in [1.54, 1.807) is 0 Å². The van der Waals surface area contributed by atoms with Gasteiger partial charge in [0, 0.05) is 18.5 Å². The van der Waals surface area contributed by atoms with Gasteiger partial charge in [-0.05, 0) is 52.9 Å². The third-order valence-electron chi connectivity index (χ3n) is 6.46. The molecule has 7 heteroatoms. The summed E-state index contributed by atoms with van der Waals surface area (Å²) in [4.78, 5) is 38.1. The van der Waals surface area contributed by atoms with Crippen LogP contribution in [-0.4, -0.2) is 52.7 Å². The number of carbonyl (C=O) groups is 3. The average Bonchev–Trinajstić information content (AvgIpc) is 3.02. The number of hydrogen-bond donors (Lipinski definition) is 2. The van der Waals surface area contributed by atoms with Crippen LogP contribution in [0.4, 0.5) is 4.79 Å². The van der Waals surface area contributed by atoms with E-state index >= 15 is 0 Å². The van der Waals surface area contributed by atoms with Crippen LogP contribution in [0.1, 0.15) is 52.9 Å². The lowest BCUT2D eigenvalue weighted by Gasteiger charge is -2.67. The van der Waals surface area contributed by atoms with E-state index in [-0.39, 0.29) is 17.4 Å². The first-order valence-electron chi connectivity index (χ1n) is 9.02. The number of carbonyl (C=O) groups excluding carboxylic acids is 2. The predicted octanol–water partition coefficient (Wildman–Crippen LogP) is 1.76. The minimum absolute atomic E-state index is 0.0133. The lowest BCUT2D eigenvalue weighted by Crippen LogP contribution is -2.70. The molecule has 2 N–H and O–H groups in total. The van der Waals surface area contributed by atoms with Gasteiger partial charge in [-0.1, -0.05) is 0 Å². The molecule has 2 bridgehead atoms. The number of nitrogens with zero attached hydrogens (tertiary/aromatic N) is 1. The van der Waals surface area contributed by atoms with E-state index in [1.807, 2.05) is 25.7 Å². The van der Waals surface area contributed by atoms with Crippen molar-refractivity contribution >= 4 is 18.0 Å². The molecular weight excluding hydrogens is 324 g/mol. The molecule has 5 aliphatic rings. The van der Waals surface area contributed by atoms with Crippen LogP contribution < -0.4 is 5.32 Å². The van der Waals surface area contributed by atoms with Crippen LogP contribution in [-0.2, 0) is 14.3 Å². The second kappa shape index (κ2) is 4.68. The van der Waals surface area contributed by atoms with E-state index in [9.17, 15) is 19.5 Å². The summed E-state index contributed by atoms with van der Waals surface area (Å²) in [6, 6.07) is -0.0768. The van der Waals surface area contributed by atoms with Gasteiger partial charge in [0.2, 0.25) is 5.91 Å². The summed E-state index contributed by atoms with van der Waals surface area (Å²) in [6.45, 7) is 6.63. The Balaban J connectivity index is 1.38. The van der Waals surface area contributed by atoms with E-state index in [1.165, 1.54) is 0 Å². The monoisotopic (exact) mass is 350 g/mol. The molecule has 1 heterocycles. The molecule has 5 rings (SSSR count). The average molecular weight is 350 g/mol. The number of nitrogens with one attached hydrogen (secondary N) is 1.